The molecule has 0 saturated carbocycles. The molecule has 3 unspecified atom stereocenters. The van der Waals surface area contributed by atoms with E-state index < -0.39 is 0 Å². The van der Waals surface area contributed by atoms with Crippen molar-refractivity contribution in [3.63, 3.8) is 0 Å². The first-order valence-corrected chi connectivity index (χ1v) is 6.78. The van der Waals surface area contributed by atoms with Gasteiger partial charge in [0.05, 0.1) is 0 Å². The summed E-state index contributed by atoms with van der Waals surface area (Å²) in [5.74, 6) is 2.20. The fraction of sp³-hybridized carbons (Fsp3) is 0.909. The van der Waals surface area contributed by atoms with Gasteiger partial charge in [-0.3, -0.25) is 4.79 Å². The Morgan fingerprint density at radius 3 is 2.38 bits per heavy atom. The van der Waals surface area contributed by atoms with Crippen LogP contribution in [0.2, 0.25) is 0 Å². The molecule has 0 rings (SSSR count). The van der Waals surface area contributed by atoms with Gasteiger partial charge in [-0.1, -0.05) is 13.8 Å². The highest BCUT2D eigenvalue weighted by Crippen LogP contribution is 2.05. The summed E-state index contributed by atoms with van der Waals surface area (Å²) in [5.41, 5.74) is 5.67. The number of amides is 1. The molecule has 3 N–H and O–H groups in total. The highest BCUT2D eigenvalue weighted by atomic mass is 35.5. The number of nitrogens with one attached hydrogen (secondary N) is 1. The number of nitrogens with two attached hydrogens (primary N) is 1. The average molecular weight is 269 g/mol. The molecule has 0 aliphatic heterocycles. The largest absolute Gasteiger partial charge is 0.353 e. The van der Waals surface area contributed by atoms with Gasteiger partial charge in [-0.15, -0.1) is 12.4 Å². The van der Waals surface area contributed by atoms with Crippen molar-refractivity contribution in [2.24, 2.45) is 11.7 Å². The maximum atomic E-state index is 11.6. The number of hydrogen-bond donors (Lipinski definition) is 2. The fourth-order valence-electron chi connectivity index (χ4n) is 1.09. The number of rotatable bonds is 7. The van der Waals surface area contributed by atoms with Crippen molar-refractivity contribution >= 4 is 30.1 Å². The summed E-state index contributed by atoms with van der Waals surface area (Å²) in [6.45, 7) is 7.92. The highest BCUT2D eigenvalue weighted by Gasteiger charge is 2.18. The molecular weight excluding hydrogens is 244 g/mol. The van der Waals surface area contributed by atoms with Crippen LogP contribution in [-0.2, 0) is 4.79 Å². The minimum atomic E-state index is -0.105. The number of carbonyl (C=O) groups excluding carboxylic acids is 1. The lowest BCUT2D eigenvalue weighted by Gasteiger charge is -2.19. The third-order valence-electron chi connectivity index (χ3n) is 2.49. The van der Waals surface area contributed by atoms with E-state index in [-0.39, 0.29) is 36.3 Å². The van der Waals surface area contributed by atoms with Crippen molar-refractivity contribution in [1.29, 1.82) is 0 Å². The lowest BCUT2D eigenvalue weighted by atomic mass is 10.0. The molecule has 0 heterocycles. The summed E-state index contributed by atoms with van der Waals surface area (Å²) in [5, 5.41) is 2.99. The maximum Gasteiger partial charge on any atom is 0.224 e. The fourth-order valence-corrected chi connectivity index (χ4v) is 1.90. The molecule has 0 bridgehead atoms. The Morgan fingerprint density at radius 1 is 1.38 bits per heavy atom. The van der Waals surface area contributed by atoms with E-state index in [0.29, 0.717) is 0 Å². The van der Waals surface area contributed by atoms with E-state index in [2.05, 4.69) is 12.2 Å². The minimum absolute atomic E-state index is 0. The average Bonchev–Trinajstić information content (AvgIpc) is 2.16. The predicted octanol–water partition coefficient (Wildman–Crippen LogP) is 2.04. The van der Waals surface area contributed by atoms with Crippen molar-refractivity contribution in [3.8, 4) is 0 Å². The molecule has 0 aliphatic rings. The molecule has 3 nitrogen and oxygen atoms in total. The molecule has 5 heteroatoms. The summed E-state index contributed by atoms with van der Waals surface area (Å²) in [4.78, 5) is 11.6. The second-order valence-electron chi connectivity index (χ2n) is 4.04. The van der Waals surface area contributed by atoms with Crippen LogP contribution >= 0.6 is 24.2 Å². The van der Waals surface area contributed by atoms with E-state index in [9.17, 15) is 4.79 Å². The first-order valence-electron chi connectivity index (χ1n) is 5.62. The van der Waals surface area contributed by atoms with Gasteiger partial charge in [-0.05, 0) is 31.8 Å². The van der Waals surface area contributed by atoms with Crippen LogP contribution in [0.5, 0.6) is 0 Å². The van der Waals surface area contributed by atoms with Crippen LogP contribution in [0, 0.1) is 5.92 Å². The Morgan fingerprint density at radius 2 is 1.94 bits per heavy atom. The normalized spacial score (nSPS) is 15.8. The Hall–Kier alpha value is 0.0700. The Bertz CT molecular complexity index is 191. The molecule has 1 amide bonds. The predicted molar refractivity (Wildman–Crippen MR) is 75.3 cm³/mol. The molecule has 0 aliphatic carbocycles. The van der Waals surface area contributed by atoms with Crippen molar-refractivity contribution in [3.05, 3.63) is 0 Å². The van der Waals surface area contributed by atoms with Gasteiger partial charge >= 0.3 is 0 Å². The first-order chi connectivity index (χ1) is 6.99. The Kier molecular flexibility index (Phi) is 11.8. The molecule has 3 atom stereocenters. The number of halogens is 1. The SMILES string of the molecule is CCSCCC(C)NC(=O)C(C)C(C)N.Cl. The van der Waals surface area contributed by atoms with Gasteiger partial charge in [0.25, 0.3) is 0 Å². The molecule has 0 spiro atoms. The Labute approximate surface area is 110 Å². The highest BCUT2D eigenvalue weighted by molar-refractivity contribution is 7.99. The monoisotopic (exact) mass is 268 g/mol. The third kappa shape index (κ3) is 8.25. The van der Waals surface area contributed by atoms with Crippen LogP contribution in [0.15, 0.2) is 0 Å². The van der Waals surface area contributed by atoms with E-state index in [1.165, 1.54) is 0 Å². The molecule has 0 aromatic rings. The zero-order valence-electron chi connectivity index (χ0n) is 10.7. The molecular formula is C11H25ClN2OS. The molecule has 0 radical (unpaired) electrons. The quantitative estimate of drug-likeness (QED) is 0.695. The molecule has 0 saturated heterocycles. The topological polar surface area (TPSA) is 55.1 Å². The minimum Gasteiger partial charge on any atom is -0.353 e. The molecule has 0 aromatic carbocycles. The van der Waals surface area contributed by atoms with Gasteiger partial charge in [-0.2, -0.15) is 11.8 Å². The van der Waals surface area contributed by atoms with Gasteiger partial charge < -0.3 is 11.1 Å². The van der Waals surface area contributed by atoms with Crippen LogP contribution in [-0.4, -0.2) is 29.5 Å². The van der Waals surface area contributed by atoms with Crippen molar-refractivity contribution < 1.29 is 4.79 Å². The van der Waals surface area contributed by atoms with Crippen LogP contribution in [0.3, 0.4) is 0 Å². The van der Waals surface area contributed by atoms with Gasteiger partial charge in [0.15, 0.2) is 0 Å². The number of carbonyl (C=O) groups is 1. The van der Waals surface area contributed by atoms with Crippen LogP contribution in [0.1, 0.15) is 34.1 Å². The second kappa shape index (κ2) is 10.2. The van der Waals surface area contributed by atoms with E-state index in [4.69, 9.17) is 5.73 Å². The zero-order valence-corrected chi connectivity index (χ0v) is 12.3. The zero-order chi connectivity index (χ0) is 11.8. The summed E-state index contributed by atoms with van der Waals surface area (Å²) in [6.07, 6.45) is 1.02. The van der Waals surface area contributed by atoms with Crippen molar-refractivity contribution in [2.45, 2.75) is 46.2 Å². The van der Waals surface area contributed by atoms with E-state index in [1.807, 2.05) is 32.5 Å². The van der Waals surface area contributed by atoms with Crippen LogP contribution in [0.25, 0.3) is 0 Å². The molecule has 0 aromatic heterocycles. The smallest absolute Gasteiger partial charge is 0.224 e. The van der Waals surface area contributed by atoms with E-state index in [0.717, 1.165) is 17.9 Å². The summed E-state index contributed by atoms with van der Waals surface area (Å²) in [7, 11) is 0. The molecule has 98 valence electrons. The number of thioether (sulfide) groups is 1. The van der Waals surface area contributed by atoms with Gasteiger partial charge in [0.2, 0.25) is 5.91 Å². The van der Waals surface area contributed by atoms with Crippen LogP contribution in [0.4, 0.5) is 0 Å². The van der Waals surface area contributed by atoms with Crippen LogP contribution < -0.4 is 11.1 Å². The summed E-state index contributed by atoms with van der Waals surface area (Å²) < 4.78 is 0. The summed E-state index contributed by atoms with van der Waals surface area (Å²) >= 11 is 1.90. The second-order valence-corrected chi connectivity index (χ2v) is 5.44. The van der Waals surface area contributed by atoms with E-state index in [1.54, 1.807) is 0 Å². The van der Waals surface area contributed by atoms with Gasteiger partial charge in [-0.25, -0.2) is 0 Å². The molecule has 16 heavy (non-hydrogen) atoms. The standard InChI is InChI=1S/C11H24N2OS.ClH/c1-5-15-7-6-8(2)13-11(14)9(3)10(4)12;/h8-10H,5-7,12H2,1-4H3,(H,13,14);1H. The van der Waals surface area contributed by atoms with Gasteiger partial charge in [0, 0.05) is 18.0 Å². The number of hydrogen-bond acceptors (Lipinski definition) is 3. The maximum absolute atomic E-state index is 11.6. The third-order valence-corrected chi connectivity index (χ3v) is 3.42. The Balaban J connectivity index is 0. The van der Waals surface area contributed by atoms with E-state index >= 15 is 0 Å². The first kappa shape index (κ1) is 18.4. The van der Waals surface area contributed by atoms with Gasteiger partial charge in [0.1, 0.15) is 0 Å². The van der Waals surface area contributed by atoms with Crippen molar-refractivity contribution in [2.75, 3.05) is 11.5 Å². The lowest BCUT2D eigenvalue weighted by Crippen LogP contribution is -2.42. The molecule has 0 fully saturated rings. The van der Waals surface area contributed by atoms with Crippen molar-refractivity contribution in [1.82, 2.24) is 5.32 Å². The summed E-state index contributed by atoms with van der Waals surface area (Å²) in [6, 6.07) is 0.167. The lowest BCUT2D eigenvalue weighted by molar-refractivity contribution is -0.125.